The number of rotatable bonds is 8. The summed E-state index contributed by atoms with van der Waals surface area (Å²) in [6.45, 7) is 1.33. The monoisotopic (exact) mass is 368 g/mol. The highest BCUT2D eigenvalue weighted by atomic mass is 16.5. The Morgan fingerprint density at radius 3 is 1.39 bits per heavy atom. The van der Waals surface area contributed by atoms with Crippen LogP contribution in [0.1, 0.15) is 11.1 Å². The highest BCUT2D eigenvalue weighted by molar-refractivity contribution is 5.89. The maximum Gasteiger partial charge on any atom is 0.119 e. The third kappa shape index (κ3) is 4.52. The zero-order valence-corrected chi connectivity index (χ0v) is 15.9. The van der Waals surface area contributed by atoms with Gasteiger partial charge in [-0.2, -0.15) is 0 Å². The maximum absolute atomic E-state index is 5.91. The van der Waals surface area contributed by atoms with Gasteiger partial charge in [-0.3, -0.25) is 0 Å². The lowest BCUT2D eigenvalue weighted by Gasteiger charge is -2.13. The Kier molecular flexibility index (Phi) is 5.89. The number of hydrogen-bond acceptors (Lipinski definition) is 2. The van der Waals surface area contributed by atoms with E-state index in [-0.39, 0.29) is 0 Å². The highest BCUT2D eigenvalue weighted by Crippen LogP contribution is 2.25. The Morgan fingerprint density at radius 1 is 0.464 bits per heavy atom. The first kappa shape index (κ1) is 18.1. The van der Waals surface area contributed by atoms with Gasteiger partial charge in [0.1, 0.15) is 11.5 Å². The van der Waals surface area contributed by atoms with E-state index in [2.05, 4.69) is 36.4 Å². The third-order valence-corrected chi connectivity index (χ3v) is 4.84. The molecular weight excluding hydrogens is 344 g/mol. The van der Waals surface area contributed by atoms with Crippen LogP contribution in [0.2, 0.25) is 0 Å². The molecule has 0 fully saturated rings. The van der Waals surface area contributed by atoms with Crippen molar-refractivity contribution in [2.24, 2.45) is 0 Å². The van der Waals surface area contributed by atoms with E-state index in [1.807, 2.05) is 60.7 Å². The van der Waals surface area contributed by atoms with Crippen molar-refractivity contribution in [1.82, 2.24) is 0 Å². The smallest absolute Gasteiger partial charge is 0.119 e. The van der Waals surface area contributed by atoms with Crippen LogP contribution in [0, 0.1) is 0 Å². The molecule has 0 spiro atoms. The summed E-state index contributed by atoms with van der Waals surface area (Å²) in [6.07, 6.45) is 1.76. The predicted octanol–water partition coefficient (Wildman–Crippen LogP) is 6.08. The van der Waals surface area contributed by atoms with Crippen molar-refractivity contribution < 1.29 is 9.47 Å². The van der Waals surface area contributed by atoms with Gasteiger partial charge in [0.05, 0.1) is 13.2 Å². The van der Waals surface area contributed by atoms with Crippen LogP contribution >= 0.6 is 0 Å². The molecule has 28 heavy (non-hydrogen) atoms. The largest absolute Gasteiger partial charge is 0.493 e. The lowest BCUT2D eigenvalue weighted by molar-refractivity contribution is 0.321. The van der Waals surface area contributed by atoms with E-state index in [9.17, 15) is 0 Å². The molecular formula is C26H24O2. The van der Waals surface area contributed by atoms with Gasteiger partial charge in [0.15, 0.2) is 0 Å². The van der Waals surface area contributed by atoms with Crippen LogP contribution < -0.4 is 9.47 Å². The summed E-state index contributed by atoms with van der Waals surface area (Å²) < 4.78 is 11.8. The van der Waals surface area contributed by atoms with Crippen molar-refractivity contribution in [3.8, 4) is 11.5 Å². The number of para-hydroxylation sites is 2. The van der Waals surface area contributed by atoms with E-state index >= 15 is 0 Å². The first-order valence-electron chi connectivity index (χ1n) is 9.75. The normalized spacial score (nSPS) is 10.7. The Balaban J connectivity index is 1.47. The van der Waals surface area contributed by atoms with Gasteiger partial charge in [0.2, 0.25) is 0 Å². The second-order valence-electron chi connectivity index (χ2n) is 6.76. The number of benzene rings is 4. The summed E-state index contributed by atoms with van der Waals surface area (Å²) >= 11 is 0. The number of hydrogen-bond donors (Lipinski definition) is 0. The van der Waals surface area contributed by atoms with Crippen molar-refractivity contribution in [3.05, 3.63) is 108 Å². The SMILES string of the molecule is c1ccc(OCCc2cccc3cccc(CCOc4ccccc4)c23)cc1. The summed E-state index contributed by atoms with van der Waals surface area (Å²) in [4.78, 5) is 0. The van der Waals surface area contributed by atoms with Gasteiger partial charge in [-0.25, -0.2) is 0 Å². The quantitative estimate of drug-likeness (QED) is 0.375. The molecule has 0 amide bonds. The molecule has 140 valence electrons. The molecule has 0 heterocycles. The van der Waals surface area contributed by atoms with Gasteiger partial charge in [-0.1, -0.05) is 72.8 Å². The van der Waals surface area contributed by atoms with Crippen LogP contribution in [0.5, 0.6) is 11.5 Å². The van der Waals surface area contributed by atoms with Gasteiger partial charge >= 0.3 is 0 Å². The first-order valence-corrected chi connectivity index (χ1v) is 9.75. The molecule has 0 bridgehead atoms. The molecule has 4 aromatic carbocycles. The van der Waals surface area contributed by atoms with Gasteiger partial charge in [-0.05, 0) is 46.2 Å². The van der Waals surface area contributed by atoms with E-state index in [1.54, 1.807) is 0 Å². The summed E-state index contributed by atoms with van der Waals surface area (Å²) in [7, 11) is 0. The van der Waals surface area contributed by atoms with Crippen LogP contribution in [0.15, 0.2) is 97.1 Å². The van der Waals surface area contributed by atoms with Crippen LogP contribution in [0.25, 0.3) is 10.8 Å². The second-order valence-corrected chi connectivity index (χ2v) is 6.76. The van der Waals surface area contributed by atoms with E-state index in [4.69, 9.17) is 9.47 Å². The molecule has 0 aliphatic carbocycles. The molecule has 0 aliphatic heterocycles. The van der Waals surface area contributed by atoms with Crippen LogP contribution in [0.4, 0.5) is 0 Å². The van der Waals surface area contributed by atoms with E-state index in [1.165, 1.54) is 21.9 Å². The lowest BCUT2D eigenvalue weighted by atomic mass is 9.96. The Hall–Kier alpha value is -3.26. The molecule has 0 aliphatic rings. The molecule has 0 aromatic heterocycles. The van der Waals surface area contributed by atoms with E-state index in [0.29, 0.717) is 13.2 Å². The average molecular weight is 368 g/mol. The van der Waals surface area contributed by atoms with Crippen molar-refractivity contribution in [3.63, 3.8) is 0 Å². The van der Waals surface area contributed by atoms with Gasteiger partial charge < -0.3 is 9.47 Å². The zero-order chi connectivity index (χ0) is 19.0. The third-order valence-electron chi connectivity index (χ3n) is 4.84. The standard InChI is InChI=1S/C26H24O2/c1-3-13-24(14-4-1)27-19-17-22-11-7-9-21-10-8-12-23(26(21)22)18-20-28-25-15-5-2-6-16-25/h1-16H,17-20H2. The van der Waals surface area contributed by atoms with Crippen LogP contribution in [-0.4, -0.2) is 13.2 Å². The van der Waals surface area contributed by atoms with Gasteiger partial charge in [0, 0.05) is 12.8 Å². The second kappa shape index (κ2) is 9.09. The topological polar surface area (TPSA) is 18.5 Å². The summed E-state index contributed by atoms with van der Waals surface area (Å²) in [5, 5.41) is 2.60. The summed E-state index contributed by atoms with van der Waals surface area (Å²) in [6, 6.07) is 33.0. The number of fused-ring (bicyclic) bond motifs is 1. The fraction of sp³-hybridized carbons (Fsp3) is 0.154. The molecule has 4 rings (SSSR count). The van der Waals surface area contributed by atoms with Crippen LogP contribution in [-0.2, 0) is 12.8 Å². The fourth-order valence-corrected chi connectivity index (χ4v) is 3.51. The predicted molar refractivity (Wildman–Crippen MR) is 115 cm³/mol. The van der Waals surface area contributed by atoms with E-state index in [0.717, 1.165) is 24.3 Å². The first-order chi connectivity index (χ1) is 13.9. The Bertz CT molecular complexity index is 930. The van der Waals surface area contributed by atoms with Gasteiger partial charge in [-0.15, -0.1) is 0 Å². The minimum atomic E-state index is 0.665. The molecule has 0 saturated carbocycles. The van der Waals surface area contributed by atoms with Crippen molar-refractivity contribution in [1.29, 1.82) is 0 Å². The lowest BCUT2D eigenvalue weighted by Crippen LogP contribution is -2.05. The molecule has 0 atom stereocenters. The molecule has 0 unspecified atom stereocenters. The Labute approximate surface area is 166 Å². The molecule has 2 heteroatoms. The molecule has 0 saturated heterocycles. The van der Waals surface area contributed by atoms with E-state index < -0.39 is 0 Å². The van der Waals surface area contributed by atoms with Crippen molar-refractivity contribution in [2.75, 3.05) is 13.2 Å². The maximum atomic E-state index is 5.91. The zero-order valence-electron chi connectivity index (χ0n) is 15.9. The average Bonchev–Trinajstić information content (AvgIpc) is 2.75. The number of ether oxygens (including phenoxy) is 2. The Morgan fingerprint density at radius 2 is 0.929 bits per heavy atom. The highest BCUT2D eigenvalue weighted by Gasteiger charge is 2.07. The van der Waals surface area contributed by atoms with Crippen molar-refractivity contribution in [2.45, 2.75) is 12.8 Å². The summed E-state index contributed by atoms with van der Waals surface area (Å²) in [5.74, 6) is 1.83. The fourth-order valence-electron chi connectivity index (χ4n) is 3.51. The molecule has 4 aromatic rings. The van der Waals surface area contributed by atoms with Gasteiger partial charge in [0.25, 0.3) is 0 Å². The van der Waals surface area contributed by atoms with Crippen LogP contribution in [0.3, 0.4) is 0 Å². The minimum absolute atomic E-state index is 0.665. The minimum Gasteiger partial charge on any atom is -0.493 e. The molecule has 0 N–H and O–H groups in total. The van der Waals surface area contributed by atoms with Crippen molar-refractivity contribution >= 4 is 10.8 Å². The summed E-state index contributed by atoms with van der Waals surface area (Å²) in [5.41, 5.74) is 2.65. The molecule has 2 nitrogen and oxygen atoms in total. The molecule has 0 radical (unpaired) electrons.